The average Bonchev–Trinajstić information content (AvgIpc) is 2.50. The summed E-state index contributed by atoms with van der Waals surface area (Å²) in [5.41, 5.74) is 2.07. The Morgan fingerprint density at radius 2 is 1.86 bits per heavy atom. The van der Waals surface area contributed by atoms with Gasteiger partial charge < -0.3 is 5.32 Å². The summed E-state index contributed by atoms with van der Waals surface area (Å²) in [6.45, 7) is 1.91. The molecule has 1 aromatic heterocycles. The van der Waals surface area contributed by atoms with Gasteiger partial charge in [0.25, 0.3) is 5.91 Å². The lowest BCUT2D eigenvalue weighted by molar-refractivity contribution is 0.102. The van der Waals surface area contributed by atoms with Crippen LogP contribution >= 0.6 is 0 Å². The summed E-state index contributed by atoms with van der Waals surface area (Å²) in [5.74, 6) is -0.785. The minimum absolute atomic E-state index is 0.191. The minimum atomic E-state index is -0.432. The SMILES string of the molecule is Cc1ccccc1NC(=O)c1ccc2cccc(F)c2n1. The van der Waals surface area contributed by atoms with Gasteiger partial charge in [0.2, 0.25) is 0 Å². The molecule has 1 heterocycles. The van der Waals surface area contributed by atoms with Gasteiger partial charge in [0, 0.05) is 11.1 Å². The number of amides is 1. The minimum Gasteiger partial charge on any atom is -0.320 e. The van der Waals surface area contributed by atoms with E-state index in [1.54, 1.807) is 24.3 Å². The van der Waals surface area contributed by atoms with Crippen molar-refractivity contribution in [1.82, 2.24) is 4.98 Å². The van der Waals surface area contributed by atoms with Gasteiger partial charge in [-0.2, -0.15) is 0 Å². The summed E-state index contributed by atoms with van der Waals surface area (Å²) in [4.78, 5) is 16.3. The molecule has 1 N–H and O–H groups in total. The molecule has 0 fully saturated rings. The predicted molar refractivity (Wildman–Crippen MR) is 80.8 cm³/mol. The lowest BCUT2D eigenvalue weighted by atomic mass is 10.1. The number of hydrogen-bond donors (Lipinski definition) is 1. The summed E-state index contributed by atoms with van der Waals surface area (Å²) >= 11 is 0. The van der Waals surface area contributed by atoms with E-state index in [4.69, 9.17) is 0 Å². The second kappa shape index (κ2) is 5.32. The van der Waals surface area contributed by atoms with Gasteiger partial charge >= 0.3 is 0 Å². The molecular formula is C17H13FN2O. The lowest BCUT2D eigenvalue weighted by Gasteiger charge is -2.08. The molecule has 0 atom stereocenters. The first-order chi connectivity index (χ1) is 10.1. The standard InChI is InChI=1S/C17H13FN2O/c1-11-5-2-3-8-14(11)20-17(21)15-10-9-12-6-4-7-13(18)16(12)19-15/h2-10H,1H3,(H,20,21). The quantitative estimate of drug-likeness (QED) is 0.772. The Balaban J connectivity index is 1.95. The second-order valence-corrected chi connectivity index (χ2v) is 4.78. The molecule has 104 valence electrons. The van der Waals surface area contributed by atoms with Gasteiger partial charge in [0.05, 0.1) is 0 Å². The first kappa shape index (κ1) is 13.2. The van der Waals surface area contributed by atoms with Crippen LogP contribution in [0.1, 0.15) is 16.1 Å². The van der Waals surface area contributed by atoms with Crippen molar-refractivity contribution in [3.05, 3.63) is 71.7 Å². The number of anilines is 1. The Morgan fingerprint density at radius 3 is 2.67 bits per heavy atom. The molecule has 0 saturated carbocycles. The number of pyridine rings is 1. The van der Waals surface area contributed by atoms with Crippen LogP contribution in [0.4, 0.5) is 10.1 Å². The summed E-state index contributed by atoms with van der Waals surface area (Å²) in [6.07, 6.45) is 0. The van der Waals surface area contributed by atoms with Crippen molar-refractivity contribution in [1.29, 1.82) is 0 Å². The van der Waals surface area contributed by atoms with Crippen molar-refractivity contribution in [2.75, 3.05) is 5.32 Å². The van der Waals surface area contributed by atoms with Crippen LogP contribution in [0.5, 0.6) is 0 Å². The van der Waals surface area contributed by atoms with E-state index < -0.39 is 5.82 Å². The normalized spacial score (nSPS) is 10.6. The summed E-state index contributed by atoms with van der Waals surface area (Å²) in [5, 5.41) is 3.46. The second-order valence-electron chi connectivity index (χ2n) is 4.78. The molecule has 0 bridgehead atoms. The van der Waals surface area contributed by atoms with Crippen LogP contribution in [-0.2, 0) is 0 Å². The molecule has 0 aliphatic carbocycles. The van der Waals surface area contributed by atoms with Crippen molar-refractivity contribution in [3.8, 4) is 0 Å². The Kier molecular flexibility index (Phi) is 3.36. The van der Waals surface area contributed by atoms with Crippen molar-refractivity contribution >= 4 is 22.5 Å². The summed E-state index contributed by atoms with van der Waals surface area (Å²) in [6, 6.07) is 15.5. The van der Waals surface area contributed by atoms with Gasteiger partial charge in [-0.3, -0.25) is 4.79 Å². The van der Waals surface area contributed by atoms with Gasteiger partial charge in [-0.05, 0) is 30.7 Å². The summed E-state index contributed by atoms with van der Waals surface area (Å²) < 4.78 is 13.7. The maximum atomic E-state index is 13.7. The van der Waals surface area contributed by atoms with E-state index in [1.807, 2.05) is 31.2 Å². The van der Waals surface area contributed by atoms with E-state index in [2.05, 4.69) is 10.3 Å². The molecule has 3 aromatic rings. The van der Waals surface area contributed by atoms with Crippen molar-refractivity contribution in [3.63, 3.8) is 0 Å². The number of rotatable bonds is 2. The van der Waals surface area contributed by atoms with E-state index in [1.165, 1.54) is 6.07 Å². The third kappa shape index (κ3) is 2.60. The number of carbonyl (C=O) groups is 1. The lowest BCUT2D eigenvalue weighted by Crippen LogP contribution is -2.14. The van der Waals surface area contributed by atoms with Gasteiger partial charge in [-0.15, -0.1) is 0 Å². The van der Waals surface area contributed by atoms with E-state index >= 15 is 0 Å². The number of aromatic nitrogens is 1. The number of nitrogens with zero attached hydrogens (tertiary/aromatic N) is 1. The third-order valence-electron chi connectivity index (χ3n) is 3.30. The van der Waals surface area contributed by atoms with Gasteiger partial charge in [-0.1, -0.05) is 36.4 Å². The van der Waals surface area contributed by atoms with Crippen LogP contribution in [0.15, 0.2) is 54.6 Å². The fraction of sp³-hybridized carbons (Fsp3) is 0.0588. The van der Waals surface area contributed by atoms with Crippen LogP contribution in [0.2, 0.25) is 0 Å². The highest BCUT2D eigenvalue weighted by atomic mass is 19.1. The summed E-state index contributed by atoms with van der Waals surface area (Å²) in [7, 11) is 0. The fourth-order valence-electron chi connectivity index (χ4n) is 2.14. The van der Waals surface area contributed by atoms with Gasteiger partial charge in [0.15, 0.2) is 0 Å². The van der Waals surface area contributed by atoms with E-state index in [-0.39, 0.29) is 17.1 Å². The van der Waals surface area contributed by atoms with Crippen LogP contribution < -0.4 is 5.32 Å². The maximum absolute atomic E-state index is 13.7. The number of hydrogen-bond acceptors (Lipinski definition) is 2. The molecule has 2 aromatic carbocycles. The highest BCUT2D eigenvalue weighted by Crippen LogP contribution is 2.18. The van der Waals surface area contributed by atoms with E-state index in [0.717, 1.165) is 11.3 Å². The third-order valence-corrected chi connectivity index (χ3v) is 3.30. The van der Waals surface area contributed by atoms with Crippen LogP contribution in [0.3, 0.4) is 0 Å². The number of benzene rings is 2. The monoisotopic (exact) mass is 280 g/mol. The largest absolute Gasteiger partial charge is 0.320 e. The number of aryl methyl sites for hydroxylation is 1. The first-order valence-electron chi connectivity index (χ1n) is 6.57. The molecule has 0 radical (unpaired) electrons. The van der Waals surface area contributed by atoms with Crippen molar-refractivity contribution < 1.29 is 9.18 Å². The zero-order valence-electron chi connectivity index (χ0n) is 11.4. The maximum Gasteiger partial charge on any atom is 0.274 e. The van der Waals surface area contributed by atoms with E-state index in [0.29, 0.717) is 5.39 Å². The molecule has 0 aliphatic rings. The molecule has 0 saturated heterocycles. The molecular weight excluding hydrogens is 267 g/mol. The Hall–Kier alpha value is -2.75. The van der Waals surface area contributed by atoms with Crippen LogP contribution in [0.25, 0.3) is 10.9 Å². The number of halogens is 1. The van der Waals surface area contributed by atoms with Crippen molar-refractivity contribution in [2.24, 2.45) is 0 Å². The Bertz CT molecular complexity index is 830. The first-order valence-corrected chi connectivity index (χ1v) is 6.57. The van der Waals surface area contributed by atoms with Gasteiger partial charge in [-0.25, -0.2) is 9.37 Å². The Labute approximate surface area is 121 Å². The zero-order chi connectivity index (χ0) is 14.8. The molecule has 0 unspecified atom stereocenters. The number of para-hydroxylation sites is 2. The molecule has 4 heteroatoms. The molecule has 0 aliphatic heterocycles. The smallest absolute Gasteiger partial charge is 0.274 e. The molecule has 1 amide bonds. The highest BCUT2D eigenvalue weighted by Gasteiger charge is 2.11. The zero-order valence-corrected chi connectivity index (χ0v) is 11.4. The number of carbonyl (C=O) groups excluding carboxylic acids is 1. The molecule has 21 heavy (non-hydrogen) atoms. The Morgan fingerprint density at radius 1 is 1.05 bits per heavy atom. The van der Waals surface area contributed by atoms with Crippen LogP contribution in [-0.4, -0.2) is 10.9 Å². The molecule has 3 rings (SSSR count). The highest BCUT2D eigenvalue weighted by molar-refractivity contribution is 6.04. The topological polar surface area (TPSA) is 42.0 Å². The number of fused-ring (bicyclic) bond motifs is 1. The predicted octanol–water partition coefficient (Wildman–Crippen LogP) is 3.93. The number of nitrogens with one attached hydrogen (secondary N) is 1. The van der Waals surface area contributed by atoms with Crippen LogP contribution in [0, 0.1) is 12.7 Å². The fourth-order valence-corrected chi connectivity index (χ4v) is 2.14. The van der Waals surface area contributed by atoms with Crippen molar-refractivity contribution in [2.45, 2.75) is 6.92 Å². The molecule has 0 spiro atoms. The average molecular weight is 280 g/mol. The van der Waals surface area contributed by atoms with Gasteiger partial charge in [0.1, 0.15) is 17.0 Å². The molecule has 3 nitrogen and oxygen atoms in total. The van der Waals surface area contributed by atoms with E-state index in [9.17, 15) is 9.18 Å².